The second-order valence-corrected chi connectivity index (χ2v) is 5.50. The number of halogens is 1. The fourth-order valence-electron chi connectivity index (χ4n) is 2.36. The molecule has 0 bridgehead atoms. The molecule has 1 aromatic rings. The Bertz CT molecular complexity index is 488. The summed E-state index contributed by atoms with van der Waals surface area (Å²) in [5.41, 5.74) is 5.60. The van der Waals surface area contributed by atoms with Gasteiger partial charge >= 0.3 is 0 Å². The van der Waals surface area contributed by atoms with Crippen LogP contribution in [0.1, 0.15) is 37.0 Å². The maximum Gasteiger partial charge on any atom is 0.248 e. The van der Waals surface area contributed by atoms with Crippen LogP contribution in [0, 0.1) is 5.82 Å². The number of hydrogen-bond acceptors (Lipinski definition) is 3. The van der Waals surface area contributed by atoms with Crippen LogP contribution in [0.15, 0.2) is 18.2 Å². The van der Waals surface area contributed by atoms with E-state index in [0.717, 1.165) is 12.8 Å². The van der Waals surface area contributed by atoms with Crippen molar-refractivity contribution in [2.45, 2.75) is 38.3 Å². The van der Waals surface area contributed by atoms with Crippen LogP contribution in [0.25, 0.3) is 0 Å². The lowest BCUT2D eigenvalue weighted by atomic mass is 9.93. The summed E-state index contributed by atoms with van der Waals surface area (Å²) in [5, 5.41) is 3.14. The minimum Gasteiger partial charge on any atom is -0.380 e. The van der Waals surface area contributed by atoms with Gasteiger partial charge in [-0.2, -0.15) is 0 Å². The number of hydrogen-bond donors (Lipinski definition) is 2. The number of rotatable bonds is 3. The molecule has 1 saturated heterocycles. The maximum absolute atomic E-state index is 13.7. The van der Waals surface area contributed by atoms with E-state index in [4.69, 9.17) is 10.5 Å². The molecule has 5 heteroatoms. The van der Waals surface area contributed by atoms with Crippen LogP contribution in [0.3, 0.4) is 0 Å². The van der Waals surface area contributed by atoms with Crippen LogP contribution < -0.4 is 11.1 Å². The molecular weight excluding hydrogens is 247 g/mol. The highest BCUT2D eigenvalue weighted by Gasteiger charge is 2.29. The molecule has 2 rings (SSSR count). The first-order chi connectivity index (χ1) is 8.87. The number of benzene rings is 1. The monoisotopic (exact) mass is 266 g/mol. The highest BCUT2D eigenvalue weighted by atomic mass is 19.1. The summed E-state index contributed by atoms with van der Waals surface area (Å²) in [6, 6.07) is 4.23. The predicted molar refractivity (Wildman–Crippen MR) is 71.6 cm³/mol. The minimum absolute atomic E-state index is 0.126. The molecular formula is C14H19FN2O2. The second kappa shape index (κ2) is 5.17. The smallest absolute Gasteiger partial charge is 0.248 e. The summed E-state index contributed by atoms with van der Waals surface area (Å²) in [7, 11) is 0. The molecule has 0 aliphatic carbocycles. The van der Waals surface area contributed by atoms with E-state index in [0.29, 0.717) is 17.9 Å². The van der Waals surface area contributed by atoms with Gasteiger partial charge in [0, 0.05) is 18.2 Å². The SMILES string of the molecule is CC1(C)CC(Nc2cc(C(N)=O)ccc2F)CCO1. The Morgan fingerprint density at radius 1 is 1.53 bits per heavy atom. The lowest BCUT2D eigenvalue weighted by molar-refractivity contribution is -0.0553. The van der Waals surface area contributed by atoms with Gasteiger partial charge in [-0.15, -0.1) is 0 Å². The average Bonchev–Trinajstić information content (AvgIpc) is 2.30. The van der Waals surface area contributed by atoms with Crippen molar-refractivity contribution in [2.24, 2.45) is 5.73 Å². The molecule has 1 amide bonds. The van der Waals surface area contributed by atoms with Gasteiger partial charge in [0.15, 0.2) is 0 Å². The van der Waals surface area contributed by atoms with Crippen LogP contribution in [0.2, 0.25) is 0 Å². The Morgan fingerprint density at radius 3 is 2.89 bits per heavy atom. The number of nitrogens with one attached hydrogen (secondary N) is 1. The summed E-state index contributed by atoms with van der Waals surface area (Å²) in [6.45, 7) is 4.66. The fraction of sp³-hybridized carbons (Fsp3) is 0.500. The van der Waals surface area contributed by atoms with Crippen molar-refractivity contribution in [3.8, 4) is 0 Å². The Hall–Kier alpha value is -1.62. The molecule has 1 heterocycles. The number of nitrogens with two attached hydrogens (primary N) is 1. The summed E-state index contributed by atoms with van der Waals surface area (Å²) >= 11 is 0. The molecule has 1 aliphatic rings. The van der Waals surface area contributed by atoms with Gasteiger partial charge in [-0.3, -0.25) is 4.79 Å². The normalized spacial score (nSPS) is 21.9. The average molecular weight is 266 g/mol. The predicted octanol–water partition coefficient (Wildman–Crippen LogP) is 2.29. The summed E-state index contributed by atoms with van der Waals surface area (Å²) in [4.78, 5) is 11.1. The molecule has 1 atom stereocenters. The zero-order valence-electron chi connectivity index (χ0n) is 11.2. The quantitative estimate of drug-likeness (QED) is 0.882. The summed E-state index contributed by atoms with van der Waals surface area (Å²) in [6.07, 6.45) is 1.59. The highest BCUT2D eigenvalue weighted by molar-refractivity contribution is 5.93. The first kappa shape index (κ1) is 13.8. The molecule has 0 saturated carbocycles. The summed E-state index contributed by atoms with van der Waals surface area (Å²) in [5.74, 6) is -0.940. The number of carbonyl (C=O) groups is 1. The van der Waals surface area contributed by atoms with E-state index in [1.54, 1.807) is 0 Å². The Kier molecular flexibility index (Phi) is 3.75. The third-order valence-corrected chi connectivity index (χ3v) is 3.31. The van der Waals surface area contributed by atoms with Gasteiger partial charge in [0.1, 0.15) is 5.82 Å². The third-order valence-electron chi connectivity index (χ3n) is 3.31. The molecule has 1 aliphatic heterocycles. The molecule has 1 unspecified atom stereocenters. The molecule has 0 radical (unpaired) electrons. The molecule has 1 aromatic carbocycles. The van der Waals surface area contributed by atoms with Crippen molar-refractivity contribution in [1.82, 2.24) is 0 Å². The Morgan fingerprint density at radius 2 is 2.26 bits per heavy atom. The van der Waals surface area contributed by atoms with E-state index >= 15 is 0 Å². The number of anilines is 1. The van der Waals surface area contributed by atoms with Gasteiger partial charge in [-0.05, 0) is 44.9 Å². The van der Waals surface area contributed by atoms with Crippen LogP contribution >= 0.6 is 0 Å². The minimum atomic E-state index is -0.560. The van der Waals surface area contributed by atoms with Crippen molar-refractivity contribution >= 4 is 11.6 Å². The fourth-order valence-corrected chi connectivity index (χ4v) is 2.36. The topological polar surface area (TPSA) is 64.3 Å². The van der Waals surface area contributed by atoms with Gasteiger partial charge in [-0.25, -0.2) is 4.39 Å². The van der Waals surface area contributed by atoms with Gasteiger partial charge in [-0.1, -0.05) is 0 Å². The maximum atomic E-state index is 13.7. The van der Waals surface area contributed by atoms with Crippen molar-refractivity contribution in [2.75, 3.05) is 11.9 Å². The van der Waals surface area contributed by atoms with E-state index in [2.05, 4.69) is 5.32 Å². The zero-order valence-corrected chi connectivity index (χ0v) is 11.2. The van der Waals surface area contributed by atoms with Gasteiger partial charge in [0.25, 0.3) is 0 Å². The standard InChI is InChI=1S/C14H19FN2O2/c1-14(2)8-10(5-6-19-14)17-12-7-9(13(16)18)3-4-11(12)15/h3-4,7,10,17H,5-6,8H2,1-2H3,(H2,16,18). The van der Waals surface area contributed by atoms with Gasteiger partial charge in [0.05, 0.1) is 11.3 Å². The van der Waals surface area contributed by atoms with Crippen LogP contribution in [-0.4, -0.2) is 24.2 Å². The Balaban J connectivity index is 2.14. The van der Waals surface area contributed by atoms with E-state index in [1.165, 1.54) is 18.2 Å². The second-order valence-electron chi connectivity index (χ2n) is 5.50. The van der Waals surface area contributed by atoms with Crippen molar-refractivity contribution in [3.63, 3.8) is 0 Å². The van der Waals surface area contributed by atoms with Crippen LogP contribution in [0.4, 0.5) is 10.1 Å². The van der Waals surface area contributed by atoms with Gasteiger partial charge < -0.3 is 15.8 Å². The van der Waals surface area contributed by atoms with E-state index in [9.17, 15) is 9.18 Å². The first-order valence-electron chi connectivity index (χ1n) is 6.37. The van der Waals surface area contributed by atoms with Gasteiger partial charge in [0.2, 0.25) is 5.91 Å². The Labute approximate surface area is 112 Å². The largest absolute Gasteiger partial charge is 0.380 e. The first-order valence-corrected chi connectivity index (χ1v) is 6.37. The zero-order chi connectivity index (χ0) is 14.0. The lowest BCUT2D eigenvalue weighted by Crippen LogP contribution is -2.40. The molecule has 1 fully saturated rings. The number of amides is 1. The molecule has 19 heavy (non-hydrogen) atoms. The number of primary amides is 1. The van der Waals surface area contributed by atoms with Crippen LogP contribution in [0.5, 0.6) is 0 Å². The van der Waals surface area contributed by atoms with Crippen LogP contribution in [-0.2, 0) is 4.74 Å². The van der Waals surface area contributed by atoms with Crippen molar-refractivity contribution < 1.29 is 13.9 Å². The molecule has 104 valence electrons. The molecule has 0 spiro atoms. The van der Waals surface area contributed by atoms with Crippen molar-refractivity contribution in [3.05, 3.63) is 29.6 Å². The van der Waals surface area contributed by atoms with E-state index < -0.39 is 5.91 Å². The molecule has 4 nitrogen and oxygen atoms in total. The molecule has 3 N–H and O–H groups in total. The summed E-state index contributed by atoms with van der Waals surface area (Å²) < 4.78 is 19.4. The van der Waals surface area contributed by atoms with E-state index in [1.807, 2.05) is 13.8 Å². The third kappa shape index (κ3) is 3.44. The number of ether oxygens (including phenoxy) is 1. The van der Waals surface area contributed by atoms with E-state index in [-0.39, 0.29) is 17.5 Å². The lowest BCUT2D eigenvalue weighted by Gasteiger charge is -2.36. The highest BCUT2D eigenvalue weighted by Crippen LogP contribution is 2.27. The number of carbonyl (C=O) groups excluding carboxylic acids is 1. The van der Waals surface area contributed by atoms with Crippen molar-refractivity contribution in [1.29, 1.82) is 0 Å². The molecule has 0 aromatic heterocycles.